The van der Waals surface area contributed by atoms with Crippen LogP contribution in [0.2, 0.25) is 0 Å². The monoisotopic (exact) mass is 203 g/mol. The van der Waals surface area contributed by atoms with E-state index in [9.17, 15) is 9.59 Å². The molecule has 0 bridgehead atoms. The van der Waals surface area contributed by atoms with E-state index in [4.69, 9.17) is 9.47 Å². The molecule has 0 aliphatic heterocycles. The molecule has 0 aromatic carbocycles. The van der Waals surface area contributed by atoms with Gasteiger partial charge >= 0.3 is 18.4 Å². The van der Waals surface area contributed by atoms with E-state index in [1.54, 1.807) is 27.9 Å². The molecule has 0 aliphatic carbocycles. The molecule has 0 saturated carbocycles. The van der Waals surface area contributed by atoms with E-state index in [2.05, 4.69) is 0 Å². The van der Waals surface area contributed by atoms with Crippen molar-refractivity contribution in [2.45, 2.75) is 33.1 Å². The summed E-state index contributed by atoms with van der Waals surface area (Å²) in [4.78, 5) is 23.4. The quantitative estimate of drug-likeness (QED) is 0.487. The maximum absolute atomic E-state index is 11.0. The van der Waals surface area contributed by atoms with E-state index in [1.807, 2.05) is 0 Å². The van der Waals surface area contributed by atoms with Crippen LogP contribution in [0.5, 0.6) is 0 Å². The highest BCUT2D eigenvalue weighted by Crippen LogP contribution is 2.02. The number of carbonyl (C=O) groups excluding carboxylic acids is 2. The Kier molecular flexibility index (Phi) is 5.87. The largest absolute Gasteiger partial charge is 0.411 e. The third-order valence-electron chi connectivity index (χ3n) is 1.46. The zero-order valence-corrected chi connectivity index (χ0v) is 9.07. The molecular formula is C9H17NO4. The smallest absolute Gasteiger partial charge is 0.309 e. The summed E-state index contributed by atoms with van der Waals surface area (Å²) in [7, 11) is 3.33. The lowest BCUT2D eigenvalue weighted by Gasteiger charge is -2.23. The van der Waals surface area contributed by atoms with Crippen LogP contribution in [-0.2, 0) is 19.1 Å². The summed E-state index contributed by atoms with van der Waals surface area (Å²) in [5, 5.41) is 0. The Balaban J connectivity index is 4.16. The molecule has 0 aliphatic rings. The predicted molar refractivity (Wildman–Crippen MR) is 50.2 cm³/mol. The maximum Gasteiger partial charge on any atom is 0.309 e. The molecule has 82 valence electrons. The van der Waals surface area contributed by atoms with Crippen molar-refractivity contribution < 1.29 is 19.1 Å². The first-order valence-corrected chi connectivity index (χ1v) is 4.56. The molecule has 0 fully saturated rings. The number of esters is 2. The van der Waals surface area contributed by atoms with E-state index in [-0.39, 0.29) is 12.8 Å². The molecule has 5 heteroatoms. The van der Waals surface area contributed by atoms with Crippen LogP contribution in [0.1, 0.15) is 26.7 Å². The molecule has 0 rings (SSSR count). The molecule has 0 N–H and O–H groups in total. The molecule has 0 unspecified atom stereocenters. The number of nitrogens with zero attached hydrogens (tertiary/aromatic N) is 1. The topological polar surface area (TPSA) is 55.8 Å². The summed E-state index contributed by atoms with van der Waals surface area (Å²) in [6.07, 6.45) is -0.405. The van der Waals surface area contributed by atoms with Crippen LogP contribution in [0.15, 0.2) is 0 Å². The van der Waals surface area contributed by atoms with E-state index in [0.717, 1.165) is 0 Å². The van der Waals surface area contributed by atoms with Gasteiger partial charge in [0.25, 0.3) is 0 Å². The fourth-order valence-corrected chi connectivity index (χ4v) is 0.626. The van der Waals surface area contributed by atoms with Gasteiger partial charge < -0.3 is 9.47 Å². The predicted octanol–water partition coefficient (Wildman–Crippen LogP) is 0.738. The van der Waals surface area contributed by atoms with Crippen molar-refractivity contribution in [2.75, 3.05) is 14.1 Å². The van der Waals surface area contributed by atoms with Gasteiger partial charge in [-0.1, -0.05) is 13.8 Å². The number of rotatable bonds is 5. The number of hydrogen-bond acceptors (Lipinski definition) is 5. The normalized spacial score (nSPS) is 10.4. The minimum Gasteiger partial charge on any atom is -0.411 e. The average Bonchev–Trinajstić information content (AvgIpc) is 2.16. The lowest BCUT2D eigenvalue weighted by atomic mass is 10.5. The zero-order chi connectivity index (χ0) is 11.1. The second kappa shape index (κ2) is 6.37. The fraction of sp³-hybridized carbons (Fsp3) is 0.778. The Morgan fingerprint density at radius 2 is 1.43 bits per heavy atom. The van der Waals surface area contributed by atoms with Crippen LogP contribution in [0.4, 0.5) is 0 Å². The minimum atomic E-state index is -0.921. The van der Waals surface area contributed by atoms with Crippen LogP contribution in [0.3, 0.4) is 0 Å². The van der Waals surface area contributed by atoms with Crippen LogP contribution in [0, 0.1) is 0 Å². The SMILES string of the molecule is CCC(=O)OC(OC(=O)CC)N(C)C. The second-order valence-corrected chi connectivity index (χ2v) is 2.96. The summed E-state index contributed by atoms with van der Waals surface area (Å²) < 4.78 is 9.76. The Hall–Kier alpha value is -1.10. The average molecular weight is 203 g/mol. The van der Waals surface area contributed by atoms with E-state index >= 15 is 0 Å². The Bertz CT molecular complexity index is 185. The Morgan fingerprint density at radius 1 is 1.07 bits per heavy atom. The first-order valence-electron chi connectivity index (χ1n) is 4.56. The number of carbonyl (C=O) groups is 2. The number of hydrogen-bond donors (Lipinski definition) is 0. The maximum atomic E-state index is 11.0. The van der Waals surface area contributed by atoms with Gasteiger partial charge in [-0.3, -0.25) is 9.59 Å². The van der Waals surface area contributed by atoms with Crippen molar-refractivity contribution in [3.8, 4) is 0 Å². The third kappa shape index (κ3) is 4.81. The first kappa shape index (κ1) is 12.9. The lowest BCUT2D eigenvalue weighted by molar-refractivity contribution is -0.215. The van der Waals surface area contributed by atoms with E-state index < -0.39 is 18.4 Å². The molecule has 0 amide bonds. The van der Waals surface area contributed by atoms with Gasteiger partial charge in [-0.15, -0.1) is 0 Å². The van der Waals surface area contributed by atoms with Crippen molar-refractivity contribution >= 4 is 11.9 Å². The van der Waals surface area contributed by atoms with Crippen LogP contribution >= 0.6 is 0 Å². The first-order chi connectivity index (χ1) is 6.51. The lowest BCUT2D eigenvalue weighted by Crippen LogP contribution is -2.36. The molecule has 0 saturated heterocycles. The van der Waals surface area contributed by atoms with E-state index in [1.165, 1.54) is 4.90 Å². The van der Waals surface area contributed by atoms with Crippen molar-refractivity contribution in [3.05, 3.63) is 0 Å². The highest BCUT2D eigenvalue weighted by molar-refractivity contribution is 5.70. The van der Waals surface area contributed by atoms with Crippen molar-refractivity contribution in [1.82, 2.24) is 4.90 Å². The van der Waals surface area contributed by atoms with Crippen molar-refractivity contribution in [1.29, 1.82) is 0 Å². The van der Waals surface area contributed by atoms with Gasteiger partial charge in [-0.25, -0.2) is 4.90 Å². The molecule has 5 nitrogen and oxygen atoms in total. The van der Waals surface area contributed by atoms with E-state index in [0.29, 0.717) is 0 Å². The van der Waals surface area contributed by atoms with Gasteiger partial charge in [0, 0.05) is 12.8 Å². The third-order valence-corrected chi connectivity index (χ3v) is 1.46. The summed E-state index contributed by atoms with van der Waals surface area (Å²) in [5.74, 6) is -0.791. The Morgan fingerprint density at radius 3 is 1.64 bits per heavy atom. The van der Waals surface area contributed by atoms with Gasteiger partial charge in [0.15, 0.2) is 0 Å². The van der Waals surface area contributed by atoms with Crippen LogP contribution < -0.4 is 0 Å². The van der Waals surface area contributed by atoms with Gasteiger partial charge in [-0.2, -0.15) is 0 Å². The molecule has 0 spiro atoms. The van der Waals surface area contributed by atoms with Gasteiger partial charge in [-0.05, 0) is 14.1 Å². The van der Waals surface area contributed by atoms with Gasteiger partial charge in [0.1, 0.15) is 0 Å². The van der Waals surface area contributed by atoms with Crippen molar-refractivity contribution in [2.24, 2.45) is 0 Å². The molecule has 0 aromatic heterocycles. The van der Waals surface area contributed by atoms with Crippen LogP contribution in [0.25, 0.3) is 0 Å². The van der Waals surface area contributed by atoms with Gasteiger partial charge in [0.05, 0.1) is 0 Å². The minimum absolute atomic E-state index is 0.258. The standard InChI is InChI=1S/C9H17NO4/c1-5-7(11)13-9(10(3)4)14-8(12)6-2/h9H,5-6H2,1-4H3. The Labute approximate surface area is 84.0 Å². The molecule has 0 atom stereocenters. The zero-order valence-electron chi connectivity index (χ0n) is 9.07. The number of ether oxygens (including phenoxy) is 2. The second-order valence-electron chi connectivity index (χ2n) is 2.96. The molecule has 0 heterocycles. The summed E-state index contributed by atoms with van der Waals surface area (Å²) in [5.41, 5.74) is 0. The molecule has 0 radical (unpaired) electrons. The van der Waals surface area contributed by atoms with Crippen molar-refractivity contribution in [3.63, 3.8) is 0 Å². The summed E-state index contributed by atoms with van der Waals surface area (Å²) in [6, 6.07) is 0. The van der Waals surface area contributed by atoms with Gasteiger partial charge in [0.2, 0.25) is 0 Å². The molecule has 0 aromatic rings. The van der Waals surface area contributed by atoms with Crippen LogP contribution in [-0.4, -0.2) is 37.3 Å². The highest BCUT2D eigenvalue weighted by Gasteiger charge is 2.19. The molecular weight excluding hydrogens is 186 g/mol. The highest BCUT2D eigenvalue weighted by atomic mass is 16.7. The summed E-state index contributed by atoms with van der Waals surface area (Å²) >= 11 is 0. The summed E-state index contributed by atoms with van der Waals surface area (Å²) in [6.45, 7) is 3.35. The molecule has 14 heavy (non-hydrogen) atoms. The fourth-order valence-electron chi connectivity index (χ4n) is 0.626.